The summed E-state index contributed by atoms with van der Waals surface area (Å²) in [5.41, 5.74) is 4.00. The highest BCUT2D eigenvalue weighted by molar-refractivity contribution is 5.19. The number of rotatable bonds is 2. The Kier molecular flexibility index (Phi) is 8.24. The van der Waals surface area contributed by atoms with Crippen molar-refractivity contribution in [3.8, 4) is 0 Å². The predicted molar refractivity (Wildman–Crippen MR) is 74.8 cm³/mol. The van der Waals surface area contributed by atoms with Crippen molar-refractivity contribution in [2.75, 3.05) is 0 Å². The van der Waals surface area contributed by atoms with E-state index < -0.39 is 0 Å². The zero-order valence-electron chi connectivity index (χ0n) is 11.2. The van der Waals surface area contributed by atoms with Gasteiger partial charge in [-0.3, -0.25) is 0 Å². The maximum absolute atomic E-state index is 2.16. The van der Waals surface area contributed by atoms with Gasteiger partial charge in [0.05, 0.1) is 0 Å². The molecule has 1 aromatic rings. The molecule has 0 aromatic heterocycles. The zero-order valence-corrected chi connectivity index (χ0v) is 11.2. The smallest absolute Gasteiger partial charge is 0.0376 e. The summed E-state index contributed by atoms with van der Waals surface area (Å²) >= 11 is 0. The standard InChI is InChI=1S/C8H10.C8H14/c1-7-3-5-8(2)6-4-7;1-4-6-7-8(3)5-2/h3-6H,1-2H3;5-7H,4H2,1-3H3/b;7-6-,8-5-. The lowest BCUT2D eigenvalue weighted by Crippen LogP contribution is -1.70. The molecule has 0 fully saturated rings. The van der Waals surface area contributed by atoms with Crippen molar-refractivity contribution in [1.29, 1.82) is 0 Å². The molecule has 0 atom stereocenters. The predicted octanol–water partition coefficient (Wildman–Crippen LogP) is 5.22. The second-order valence-electron chi connectivity index (χ2n) is 4.00. The SMILES string of the molecule is C/C=C(C)\C=C/CC.Cc1ccc(C)cc1. The molecule has 0 nitrogen and oxygen atoms in total. The molecule has 0 bridgehead atoms. The van der Waals surface area contributed by atoms with Crippen LogP contribution in [0.3, 0.4) is 0 Å². The maximum atomic E-state index is 2.16. The van der Waals surface area contributed by atoms with Crippen molar-refractivity contribution in [1.82, 2.24) is 0 Å². The molecule has 0 unspecified atom stereocenters. The summed E-state index contributed by atoms with van der Waals surface area (Å²) in [6, 6.07) is 8.48. The fourth-order valence-corrected chi connectivity index (χ4v) is 1.04. The molecule has 0 aliphatic heterocycles. The molecule has 0 spiro atoms. The molecular formula is C16H24. The zero-order chi connectivity index (χ0) is 12.4. The molecule has 0 amide bonds. The summed E-state index contributed by atoms with van der Waals surface area (Å²) in [7, 11) is 0. The first-order valence-corrected chi connectivity index (χ1v) is 5.92. The van der Waals surface area contributed by atoms with Gasteiger partial charge in [-0.05, 0) is 34.1 Å². The van der Waals surface area contributed by atoms with E-state index in [4.69, 9.17) is 0 Å². The fourth-order valence-electron chi connectivity index (χ4n) is 1.04. The van der Waals surface area contributed by atoms with Gasteiger partial charge in [0.25, 0.3) is 0 Å². The lowest BCUT2D eigenvalue weighted by Gasteiger charge is -1.90. The minimum absolute atomic E-state index is 1.13. The van der Waals surface area contributed by atoms with Crippen LogP contribution in [-0.2, 0) is 0 Å². The van der Waals surface area contributed by atoms with E-state index >= 15 is 0 Å². The quantitative estimate of drug-likeness (QED) is 0.594. The molecule has 0 heteroatoms. The van der Waals surface area contributed by atoms with Gasteiger partial charge in [0, 0.05) is 0 Å². The fraction of sp³-hybridized carbons (Fsp3) is 0.375. The molecule has 88 valence electrons. The van der Waals surface area contributed by atoms with Gasteiger partial charge in [0.2, 0.25) is 0 Å². The van der Waals surface area contributed by atoms with Crippen LogP contribution in [0, 0.1) is 13.8 Å². The molecule has 0 saturated heterocycles. The lowest BCUT2D eigenvalue weighted by atomic mass is 10.2. The molecular weight excluding hydrogens is 192 g/mol. The van der Waals surface area contributed by atoms with Crippen LogP contribution in [0.2, 0.25) is 0 Å². The van der Waals surface area contributed by atoms with Gasteiger partial charge in [0.1, 0.15) is 0 Å². The third kappa shape index (κ3) is 8.05. The largest absolute Gasteiger partial charge is 0.0847 e. The van der Waals surface area contributed by atoms with Gasteiger partial charge >= 0.3 is 0 Å². The average Bonchev–Trinajstić information content (AvgIpc) is 2.30. The summed E-state index contributed by atoms with van der Waals surface area (Å²) in [6.45, 7) is 10.5. The van der Waals surface area contributed by atoms with E-state index in [-0.39, 0.29) is 0 Å². The Morgan fingerprint density at radius 1 is 1.06 bits per heavy atom. The minimum atomic E-state index is 1.13. The summed E-state index contributed by atoms with van der Waals surface area (Å²) in [6.07, 6.45) is 7.53. The van der Waals surface area contributed by atoms with Gasteiger partial charge < -0.3 is 0 Å². The summed E-state index contributed by atoms with van der Waals surface area (Å²) in [5.74, 6) is 0. The minimum Gasteiger partial charge on any atom is -0.0847 e. The van der Waals surface area contributed by atoms with Gasteiger partial charge in [0.15, 0.2) is 0 Å². The van der Waals surface area contributed by atoms with Crippen molar-refractivity contribution in [3.05, 3.63) is 59.2 Å². The normalized spacial score (nSPS) is 11.2. The van der Waals surface area contributed by atoms with Crippen LogP contribution in [0.5, 0.6) is 0 Å². The molecule has 0 aliphatic carbocycles. The Balaban J connectivity index is 0.000000281. The summed E-state index contributed by atoms with van der Waals surface area (Å²) < 4.78 is 0. The molecule has 0 aliphatic rings. The number of hydrogen-bond acceptors (Lipinski definition) is 0. The summed E-state index contributed by atoms with van der Waals surface area (Å²) in [4.78, 5) is 0. The van der Waals surface area contributed by atoms with Crippen LogP contribution in [0.1, 0.15) is 38.3 Å². The van der Waals surface area contributed by atoms with E-state index in [9.17, 15) is 0 Å². The van der Waals surface area contributed by atoms with Crippen LogP contribution >= 0.6 is 0 Å². The molecule has 1 aromatic carbocycles. The van der Waals surface area contributed by atoms with Gasteiger partial charge in [-0.1, -0.05) is 66.1 Å². The Hall–Kier alpha value is -1.30. The second kappa shape index (κ2) is 8.96. The van der Waals surface area contributed by atoms with Crippen LogP contribution in [-0.4, -0.2) is 0 Å². The molecule has 0 saturated carbocycles. The third-order valence-electron chi connectivity index (χ3n) is 2.29. The molecule has 0 N–H and O–H groups in total. The number of hydrogen-bond donors (Lipinski definition) is 0. The first kappa shape index (κ1) is 14.7. The van der Waals surface area contributed by atoms with E-state index in [0.29, 0.717) is 0 Å². The third-order valence-corrected chi connectivity index (χ3v) is 2.29. The van der Waals surface area contributed by atoms with Crippen molar-refractivity contribution >= 4 is 0 Å². The number of benzene rings is 1. The molecule has 0 radical (unpaired) electrons. The Morgan fingerprint density at radius 3 is 1.81 bits per heavy atom. The van der Waals surface area contributed by atoms with E-state index in [0.717, 1.165) is 6.42 Å². The Labute approximate surface area is 101 Å². The summed E-state index contributed by atoms with van der Waals surface area (Å²) in [5, 5.41) is 0. The van der Waals surface area contributed by atoms with Crippen molar-refractivity contribution < 1.29 is 0 Å². The van der Waals surface area contributed by atoms with Gasteiger partial charge in [-0.15, -0.1) is 0 Å². The first-order valence-electron chi connectivity index (χ1n) is 5.92. The van der Waals surface area contributed by atoms with Crippen LogP contribution < -0.4 is 0 Å². The molecule has 1 rings (SSSR count). The Morgan fingerprint density at radius 2 is 1.50 bits per heavy atom. The van der Waals surface area contributed by atoms with E-state index in [1.54, 1.807) is 0 Å². The average molecular weight is 216 g/mol. The maximum Gasteiger partial charge on any atom is -0.0376 e. The van der Waals surface area contributed by atoms with Crippen molar-refractivity contribution in [3.63, 3.8) is 0 Å². The van der Waals surface area contributed by atoms with E-state index in [2.05, 4.69) is 77.1 Å². The van der Waals surface area contributed by atoms with Crippen LogP contribution in [0.15, 0.2) is 48.1 Å². The molecule has 16 heavy (non-hydrogen) atoms. The highest BCUT2D eigenvalue weighted by Gasteiger charge is 1.79. The van der Waals surface area contributed by atoms with Gasteiger partial charge in [-0.25, -0.2) is 0 Å². The lowest BCUT2D eigenvalue weighted by molar-refractivity contribution is 1.22. The van der Waals surface area contributed by atoms with E-state index in [1.165, 1.54) is 16.7 Å². The van der Waals surface area contributed by atoms with Gasteiger partial charge in [-0.2, -0.15) is 0 Å². The monoisotopic (exact) mass is 216 g/mol. The topological polar surface area (TPSA) is 0 Å². The Bertz CT molecular complexity index is 305. The number of aryl methyl sites for hydroxylation is 2. The van der Waals surface area contributed by atoms with Crippen molar-refractivity contribution in [2.24, 2.45) is 0 Å². The van der Waals surface area contributed by atoms with Crippen molar-refractivity contribution in [2.45, 2.75) is 41.0 Å². The highest BCUT2D eigenvalue weighted by Crippen LogP contribution is 1.99. The number of allylic oxidation sites excluding steroid dienone is 4. The van der Waals surface area contributed by atoms with Crippen LogP contribution in [0.4, 0.5) is 0 Å². The first-order chi connectivity index (χ1) is 7.60. The molecule has 0 heterocycles. The highest BCUT2D eigenvalue weighted by atomic mass is 13.9. The second-order valence-corrected chi connectivity index (χ2v) is 4.00. The van der Waals surface area contributed by atoms with E-state index in [1.807, 2.05) is 0 Å². The van der Waals surface area contributed by atoms with Crippen LogP contribution in [0.25, 0.3) is 0 Å².